The average Bonchev–Trinajstić information content (AvgIpc) is 2.77. The van der Waals surface area contributed by atoms with Gasteiger partial charge in [-0.3, -0.25) is 4.79 Å². The zero-order valence-electron chi connectivity index (χ0n) is 10.4. The van der Waals surface area contributed by atoms with Crippen molar-refractivity contribution in [3.63, 3.8) is 0 Å². The first-order chi connectivity index (χ1) is 8.66. The molecule has 0 bridgehead atoms. The van der Waals surface area contributed by atoms with Crippen molar-refractivity contribution < 1.29 is 9.90 Å². The standard InChI is InChI=1S/C11H18N4O2S/c1-8-4-2-3-5-9(8)6-15-11(12-13-14-15)18-7-10(16)17/h8-9H,2-7H2,1H3,(H,16,17). The lowest BCUT2D eigenvalue weighted by atomic mass is 9.80. The van der Waals surface area contributed by atoms with Gasteiger partial charge in [-0.2, -0.15) is 0 Å². The normalized spacial score (nSPS) is 24.1. The summed E-state index contributed by atoms with van der Waals surface area (Å²) in [4.78, 5) is 10.5. The average molecular weight is 270 g/mol. The van der Waals surface area contributed by atoms with Crippen LogP contribution in [0.1, 0.15) is 32.6 Å². The largest absolute Gasteiger partial charge is 0.481 e. The molecule has 1 aromatic heterocycles. The number of carboxylic acids is 1. The Kier molecular flexibility index (Phi) is 4.57. The van der Waals surface area contributed by atoms with Crippen molar-refractivity contribution in [2.75, 3.05) is 5.75 Å². The van der Waals surface area contributed by atoms with Crippen LogP contribution in [0.2, 0.25) is 0 Å². The van der Waals surface area contributed by atoms with Crippen LogP contribution in [0.15, 0.2) is 5.16 Å². The van der Waals surface area contributed by atoms with Crippen molar-refractivity contribution in [1.82, 2.24) is 20.2 Å². The van der Waals surface area contributed by atoms with Gasteiger partial charge < -0.3 is 5.11 Å². The van der Waals surface area contributed by atoms with Crippen LogP contribution in [0.25, 0.3) is 0 Å². The minimum atomic E-state index is -0.847. The molecule has 0 aliphatic heterocycles. The Labute approximate surface area is 110 Å². The van der Waals surface area contributed by atoms with Crippen molar-refractivity contribution in [3.8, 4) is 0 Å². The van der Waals surface area contributed by atoms with Crippen LogP contribution in [0.4, 0.5) is 0 Å². The third-order valence-corrected chi connectivity index (χ3v) is 4.46. The van der Waals surface area contributed by atoms with Gasteiger partial charge in [0.25, 0.3) is 0 Å². The number of rotatable bonds is 5. The summed E-state index contributed by atoms with van der Waals surface area (Å²) in [7, 11) is 0. The minimum absolute atomic E-state index is 0.000589. The highest BCUT2D eigenvalue weighted by Crippen LogP contribution is 2.31. The quantitative estimate of drug-likeness (QED) is 0.820. The fourth-order valence-electron chi connectivity index (χ4n) is 2.43. The second kappa shape index (κ2) is 6.17. The number of carboxylic acid groups (broad SMARTS) is 1. The van der Waals surface area contributed by atoms with E-state index in [0.29, 0.717) is 17.0 Å². The predicted octanol–water partition coefficient (Wildman–Crippen LogP) is 1.68. The first-order valence-electron chi connectivity index (χ1n) is 6.27. The predicted molar refractivity (Wildman–Crippen MR) is 67.3 cm³/mol. The Morgan fingerprint density at radius 2 is 2.28 bits per heavy atom. The number of hydrogen-bond acceptors (Lipinski definition) is 5. The van der Waals surface area contributed by atoms with Crippen molar-refractivity contribution >= 4 is 17.7 Å². The number of nitrogens with zero attached hydrogens (tertiary/aromatic N) is 4. The molecule has 0 saturated heterocycles. The van der Waals surface area contributed by atoms with E-state index >= 15 is 0 Å². The minimum Gasteiger partial charge on any atom is -0.481 e. The molecule has 2 atom stereocenters. The summed E-state index contributed by atoms with van der Waals surface area (Å²) < 4.78 is 1.75. The first-order valence-corrected chi connectivity index (χ1v) is 7.26. The molecule has 1 aromatic rings. The Bertz CT molecular complexity index is 410. The van der Waals surface area contributed by atoms with Gasteiger partial charge in [0.05, 0.1) is 5.75 Å². The molecule has 1 fully saturated rings. The van der Waals surface area contributed by atoms with Gasteiger partial charge in [-0.1, -0.05) is 37.9 Å². The molecule has 2 rings (SSSR count). The lowest BCUT2D eigenvalue weighted by Crippen LogP contribution is -2.23. The highest BCUT2D eigenvalue weighted by Gasteiger charge is 2.23. The monoisotopic (exact) mass is 270 g/mol. The van der Waals surface area contributed by atoms with E-state index in [9.17, 15) is 4.79 Å². The Balaban J connectivity index is 1.96. The van der Waals surface area contributed by atoms with Gasteiger partial charge in [-0.25, -0.2) is 4.68 Å². The summed E-state index contributed by atoms with van der Waals surface area (Å²) in [5.41, 5.74) is 0. The van der Waals surface area contributed by atoms with Crippen molar-refractivity contribution in [2.45, 2.75) is 44.3 Å². The summed E-state index contributed by atoms with van der Waals surface area (Å²) in [5, 5.41) is 20.8. The third-order valence-electron chi connectivity index (χ3n) is 3.52. The third kappa shape index (κ3) is 3.44. The van der Waals surface area contributed by atoms with Gasteiger partial charge in [0.15, 0.2) is 0 Å². The Morgan fingerprint density at radius 1 is 1.50 bits per heavy atom. The van der Waals surface area contributed by atoms with Crippen molar-refractivity contribution in [1.29, 1.82) is 0 Å². The van der Waals surface area contributed by atoms with Gasteiger partial charge in [-0.05, 0) is 28.7 Å². The lowest BCUT2D eigenvalue weighted by Gasteiger charge is -2.28. The van der Waals surface area contributed by atoms with E-state index in [1.807, 2.05) is 0 Å². The zero-order chi connectivity index (χ0) is 13.0. The summed E-state index contributed by atoms with van der Waals surface area (Å²) in [6, 6.07) is 0. The van der Waals surface area contributed by atoms with Gasteiger partial charge in [0.1, 0.15) is 0 Å². The topological polar surface area (TPSA) is 80.9 Å². The van der Waals surface area contributed by atoms with E-state index in [1.54, 1.807) is 4.68 Å². The zero-order valence-corrected chi connectivity index (χ0v) is 11.3. The molecule has 100 valence electrons. The SMILES string of the molecule is CC1CCCCC1Cn1nnnc1SCC(=O)O. The molecular formula is C11H18N4O2S. The molecule has 18 heavy (non-hydrogen) atoms. The van der Waals surface area contributed by atoms with Gasteiger partial charge >= 0.3 is 5.97 Å². The molecule has 1 aliphatic carbocycles. The maximum atomic E-state index is 10.5. The summed E-state index contributed by atoms with van der Waals surface area (Å²) >= 11 is 1.18. The fraction of sp³-hybridized carbons (Fsp3) is 0.818. The van der Waals surface area contributed by atoms with Crippen LogP contribution in [-0.4, -0.2) is 37.0 Å². The van der Waals surface area contributed by atoms with Gasteiger partial charge in [0.2, 0.25) is 5.16 Å². The molecule has 0 amide bonds. The van der Waals surface area contributed by atoms with Crippen LogP contribution in [-0.2, 0) is 11.3 Å². The second-order valence-corrected chi connectivity index (χ2v) is 5.79. The molecular weight excluding hydrogens is 252 g/mol. The number of carbonyl (C=O) groups is 1. The number of hydrogen-bond donors (Lipinski definition) is 1. The molecule has 2 unspecified atom stereocenters. The molecule has 0 spiro atoms. The molecule has 1 saturated carbocycles. The van der Waals surface area contributed by atoms with E-state index in [4.69, 9.17) is 5.11 Å². The summed E-state index contributed by atoms with van der Waals surface area (Å²) in [6.45, 7) is 3.08. The number of aliphatic carboxylic acids is 1. The van der Waals surface area contributed by atoms with Crippen LogP contribution < -0.4 is 0 Å². The van der Waals surface area contributed by atoms with E-state index < -0.39 is 5.97 Å². The van der Waals surface area contributed by atoms with Crippen LogP contribution in [0.3, 0.4) is 0 Å². The van der Waals surface area contributed by atoms with Crippen LogP contribution in [0, 0.1) is 11.8 Å². The maximum absolute atomic E-state index is 10.5. The molecule has 7 heteroatoms. The molecule has 6 nitrogen and oxygen atoms in total. The second-order valence-electron chi connectivity index (χ2n) is 4.85. The smallest absolute Gasteiger partial charge is 0.313 e. The highest BCUT2D eigenvalue weighted by atomic mass is 32.2. The van der Waals surface area contributed by atoms with E-state index in [0.717, 1.165) is 6.54 Å². The molecule has 1 aliphatic rings. The van der Waals surface area contributed by atoms with E-state index in [2.05, 4.69) is 22.4 Å². The number of aromatic nitrogens is 4. The Hall–Kier alpha value is -1.11. The highest BCUT2D eigenvalue weighted by molar-refractivity contribution is 7.99. The number of thioether (sulfide) groups is 1. The molecule has 0 aromatic carbocycles. The van der Waals surface area contributed by atoms with Crippen LogP contribution in [0.5, 0.6) is 0 Å². The fourth-order valence-corrected chi connectivity index (χ4v) is 3.03. The molecule has 1 heterocycles. The van der Waals surface area contributed by atoms with Crippen LogP contribution >= 0.6 is 11.8 Å². The molecule has 0 radical (unpaired) electrons. The van der Waals surface area contributed by atoms with E-state index in [1.165, 1.54) is 37.4 Å². The first kappa shape index (κ1) is 13.3. The van der Waals surface area contributed by atoms with Crippen molar-refractivity contribution in [3.05, 3.63) is 0 Å². The van der Waals surface area contributed by atoms with Crippen molar-refractivity contribution in [2.24, 2.45) is 11.8 Å². The van der Waals surface area contributed by atoms with Gasteiger partial charge in [-0.15, -0.1) is 5.10 Å². The summed E-state index contributed by atoms with van der Waals surface area (Å²) in [5.74, 6) is 0.452. The maximum Gasteiger partial charge on any atom is 0.313 e. The Morgan fingerprint density at radius 3 is 3.00 bits per heavy atom. The van der Waals surface area contributed by atoms with E-state index in [-0.39, 0.29) is 5.75 Å². The molecule has 1 N–H and O–H groups in total. The number of tetrazole rings is 1. The summed E-state index contributed by atoms with van der Waals surface area (Å²) in [6.07, 6.45) is 5.07. The van der Waals surface area contributed by atoms with Gasteiger partial charge in [0, 0.05) is 6.54 Å². The lowest BCUT2D eigenvalue weighted by molar-refractivity contribution is -0.133.